The summed E-state index contributed by atoms with van der Waals surface area (Å²) >= 11 is 0. The zero-order chi connectivity index (χ0) is 22.4. The van der Waals surface area contributed by atoms with Crippen LogP contribution in [0.3, 0.4) is 0 Å². The van der Waals surface area contributed by atoms with Gasteiger partial charge in [-0.05, 0) is 55.5 Å². The van der Waals surface area contributed by atoms with Crippen LogP contribution in [-0.2, 0) is 22.1 Å². The summed E-state index contributed by atoms with van der Waals surface area (Å²) in [4.78, 5) is 13.0. The van der Waals surface area contributed by atoms with Crippen molar-refractivity contribution < 1.29 is 18.4 Å². The number of hydrogen-bond donors (Lipinski definition) is 3. The smallest absolute Gasteiger partial charge is 0.316 e. The highest BCUT2D eigenvalue weighted by Gasteiger charge is 2.10. The fraction of sp³-hybridized carbons (Fsp3) is 0.375. The SMILES string of the molecule is O=[PH](O)OCCCNCc1ccc(NCCCCCc2ccccc2)c(-c2ncco2)c1. The van der Waals surface area contributed by atoms with Gasteiger partial charge in [-0.25, -0.2) is 4.98 Å². The first-order chi connectivity index (χ1) is 15.7. The van der Waals surface area contributed by atoms with E-state index >= 15 is 0 Å². The summed E-state index contributed by atoms with van der Waals surface area (Å²) in [6, 6.07) is 16.8. The predicted molar refractivity (Wildman–Crippen MR) is 128 cm³/mol. The number of aromatic nitrogens is 1. The molecule has 172 valence electrons. The van der Waals surface area contributed by atoms with Crippen LogP contribution in [0.25, 0.3) is 11.5 Å². The molecular formula is C24H32N3O4P. The summed E-state index contributed by atoms with van der Waals surface area (Å²) in [5.74, 6) is 0.597. The van der Waals surface area contributed by atoms with Crippen molar-refractivity contribution in [1.29, 1.82) is 0 Å². The minimum Gasteiger partial charge on any atom is -0.444 e. The Kier molecular flexibility index (Phi) is 10.5. The Hall–Kier alpha value is -2.44. The highest BCUT2D eigenvalue weighted by molar-refractivity contribution is 7.32. The first-order valence-electron chi connectivity index (χ1n) is 11.1. The standard InChI is InChI=1S/C24H32N3O4P/c28-32(29)31-16-7-13-25-19-21-11-12-23(22(18-21)24-27-15-17-30-24)26-14-6-2-5-10-20-8-3-1-4-9-20/h1,3-4,8-9,11-12,15,17-18,25-26,32H,2,5-7,10,13-14,16,19H2,(H,28,29). The second kappa shape index (κ2) is 13.9. The molecule has 3 N–H and O–H groups in total. The van der Waals surface area contributed by atoms with E-state index in [1.165, 1.54) is 18.4 Å². The van der Waals surface area contributed by atoms with E-state index in [1.807, 2.05) is 0 Å². The molecular weight excluding hydrogens is 425 g/mol. The molecule has 3 rings (SSSR count). The first-order valence-corrected chi connectivity index (χ1v) is 12.4. The number of benzene rings is 2. The number of hydrogen-bond acceptors (Lipinski definition) is 6. The van der Waals surface area contributed by atoms with Gasteiger partial charge in [0.25, 0.3) is 0 Å². The van der Waals surface area contributed by atoms with Crippen LogP contribution >= 0.6 is 8.25 Å². The van der Waals surface area contributed by atoms with Gasteiger partial charge in [-0.3, -0.25) is 4.57 Å². The van der Waals surface area contributed by atoms with E-state index in [9.17, 15) is 4.57 Å². The highest BCUT2D eigenvalue weighted by Crippen LogP contribution is 2.28. The zero-order valence-corrected chi connectivity index (χ0v) is 19.3. The lowest BCUT2D eigenvalue weighted by Gasteiger charge is -2.13. The Morgan fingerprint density at radius 2 is 1.88 bits per heavy atom. The molecule has 0 spiro atoms. The summed E-state index contributed by atoms with van der Waals surface area (Å²) in [7, 11) is -2.84. The predicted octanol–water partition coefficient (Wildman–Crippen LogP) is 5.04. The van der Waals surface area contributed by atoms with Crippen molar-refractivity contribution in [1.82, 2.24) is 10.3 Å². The molecule has 1 unspecified atom stereocenters. The van der Waals surface area contributed by atoms with Crippen LogP contribution in [0.15, 0.2) is 65.4 Å². The van der Waals surface area contributed by atoms with Gasteiger partial charge in [0, 0.05) is 18.8 Å². The second-order valence-electron chi connectivity index (χ2n) is 7.58. The van der Waals surface area contributed by atoms with E-state index in [2.05, 4.69) is 64.1 Å². The Bertz CT molecular complexity index is 936. The van der Waals surface area contributed by atoms with Gasteiger partial charge >= 0.3 is 8.25 Å². The molecule has 1 heterocycles. The molecule has 0 bridgehead atoms. The quantitative estimate of drug-likeness (QED) is 0.217. The summed E-state index contributed by atoms with van der Waals surface area (Å²) in [6.07, 6.45) is 8.49. The van der Waals surface area contributed by atoms with Crippen LogP contribution in [0.1, 0.15) is 36.8 Å². The molecule has 3 aromatic rings. The summed E-state index contributed by atoms with van der Waals surface area (Å²) < 4.78 is 20.8. The molecule has 0 radical (unpaired) electrons. The van der Waals surface area contributed by atoms with Crippen LogP contribution in [0.5, 0.6) is 0 Å². The molecule has 0 fully saturated rings. The maximum Gasteiger partial charge on any atom is 0.316 e. The topological polar surface area (TPSA) is 96.6 Å². The van der Waals surface area contributed by atoms with E-state index < -0.39 is 8.25 Å². The van der Waals surface area contributed by atoms with Crippen LogP contribution in [0, 0.1) is 0 Å². The van der Waals surface area contributed by atoms with Crippen molar-refractivity contribution in [3.8, 4) is 11.5 Å². The minimum atomic E-state index is -2.84. The maximum atomic E-state index is 10.5. The summed E-state index contributed by atoms with van der Waals surface area (Å²) in [5.41, 5.74) is 4.47. The van der Waals surface area contributed by atoms with Crippen molar-refractivity contribution in [2.24, 2.45) is 0 Å². The summed E-state index contributed by atoms with van der Waals surface area (Å²) in [5, 5.41) is 6.86. The fourth-order valence-electron chi connectivity index (χ4n) is 3.48. The summed E-state index contributed by atoms with van der Waals surface area (Å²) in [6.45, 7) is 2.55. The zero-order valence-electron chi connectivity index (χ0n) is 18.3. The van der Waals surface area contributed by atoms with Crippen molar-refractivity contribution in [3.05, 3.63) is 72.1 Å². The maximum absolute atomic E-state index is 10.5. The molecule has 8 heteroatoms. The number of nitrogens with one attached hydrogen (secondary N) is 2. The molecule has 0 aliphatic rings. The highest BCUT2D eigenvalue weighted by atomic mass is 31.1. The monoisotopic (exact) mass is 457 g/mol. The van der Waals surface area contributed by atoms with E-state index in [0.717, 1.165) is 36.2 Å². The van der Waals surface area contributed by atoms with Crippen molar-refractivity contribution >= 4 is 13.9 Å². The Morgan fingerprint density at radius 3 is 2.66 bits per heavy atom. The average Bonchev–Trinajstić information content (AvgIpc) is 3.34. The molecule has 1 aromatic heterocycles. The molecule has 0 amide bonds. The van der Waals surface area contributed by atoms with Gasteiger partial charge in [0.15, 0.2) is 0 Å². The Balaban J connectivity index is 1.45. The van der Waals surface area contributed by atoms with Gasteiger partial charge in [-0.1, -0.05) is 42.8 Å². The van der Waals surface area contributed by atoms with Crippen LogP contribution in [0.2, 0.25) is 0 Å². The molecule has 0 aliphatic carbocycles. The Morgan fingerprint density at radius 1 is 1.00 bits per heavy atom. The number of aryl methyl sites for hydroxylation is 1. The molecule has 0 aliphatic heterocycles. The van der Waals surface area contributed by atoms with E-state index in [-0.39, 0.29) is 6.61 Å². The van der Waals surface area contributed by atoms with Crippen LogP contribution in [-0.4, -0.2) is 29.6 Å². The number of oxazole rings is 1. The van der Waals surface area contributed by atoms with Gasteiger partial charge < -0.3 is 24.5 Å². The normalized spacial score (nSPS) is 12.0. The van der Waals surface area contributed by atoms with Gasteiger partial charge in [-0.2, -0.15) is 0 Å². The number of unbranched alkanes of at least 4 members (excludes halogenated alkanes) is 2. The lowest BCUT2D eigenvalue weighted by Crippen LogP contribution is -2.16. The first kappa shape index (κ1) is 24.2. The molecule has 7 nitrogen and oxygen atoms in total. The third-order valence-electron chi connectivity index (χ3n) is 5.10. The molecule has 1 atom stereocenters. The van der Waals surface area contributed by atoms with Crippen molar-refractivity contribution in [3.63, 3.8) is 0 Å². The van der Waals surface area contributed by atoms with Gasteiger partial charge in [0.05, 0.1) is 18.4 Å². The molecule has 2 aromatic carbocycles. The lowest BCUT2D eigenvalue weighted by atomic mass is 10.1. The largest absolute Gasteiger partial charge is 0.444 e. The number of nitrogens with zero attached hydrogens (tertiary/aromatic N) is 1. The van der Waals surface area contributed by atoms with Gasteiger partial charge in [-0.15, -0.1) is 0 Å². The molecule has 32 heavy (non-hydrogen) atoms. The van der Waals surface area contributed by atoms with Crippen LogP contribution < -0.4 is 10.6 Å². The second-order valence-corrected chi connectivity index (χ2v) is 8.41. The van der Waals surface area contributed by atoms with Gasteiger partial charge in [0.2, 0.25) is 5.89 Å². The average molecular weight is 458 g/mol. The molecule has 0 saturated heterocycles. The van der Waals surface area contributed by atoms with E-state index in [0.29, 0.717) is 25.4 Å². The van der Waals surface area contributed by atoms with Gasteiger partial charge in [0.1, 0.15) is 6.26 Å². The van der Waals surface area contributed by atoms with E-state index in [4.69, 9.17) is 13.8 Å². The van der Waals surface area contributed by atoms with Crippen molar-refractivity contribution in [2.45, 2.75) is 38.6 Å². The third kappa shape index (κ3) is 8.60. The number of anilines is 1. The fourth-order valence-corrected chi connectivity index (χ4v) is 3.80. The van der Waals surface area contributed by atoms with Crippen molar-refractivity contribution in [2.75, 3.05) is 25.0 Å². The lowest BCUT2D eigenvalue weighted by molar-refractivity contribution is 0.276. The molecule has 0 saturated carbocycles. The van der Waals surface area contributed by atoms with Crippen LogP contribution in [0.4, 0.5) is 5.69 Å². The Labute approximate surface area is 190 Å². The minimum absolute atomic E-state index is 0.275. The van der Waals surface area contributed by atoms with E-state index in [1.54, 1.807) is 12.5 Å². The third-order valence-corrected chi connectivity index (χ3v) is 5.55. The number of rotatable bonds is 15.